The number of nitrogens with one attached hydrogen (secondary N) is 2. The van der Waals surface area contributed by atoms with Crippen molar-refractivity contribution in [2.45, 2.75) is 26.7 Å². The van der Waals surface area contributed by atoms with Crippen LogP contribution in [0.2, 0.25) is 0 Å². The van der Waals surface area contributed by atoms with Crippen LogP contribution in [0.25, 0.3) is 0 Å². The number of methoxy groups -OCH3 is 1. The van der Waals surface area contributed by atoms with Gasteiger partial charge in [-0.25, -0.2) is 4.79 Å². The molecule has 0 atom stereocenters. The largest absolute Gasteiger partial charge is 0.383 e. The molecule has 1 aliphatic heterocycles. The maximum atomic E-state index is 12.6. The first kappa shape index (κ1) is 18.3. The molecule has 2 N–H and O–H groups in total. The van der Waals surface area contributed by atoms with Crippen LogP contribution in [0.4, 0.5) is 10.5 Å². The second-order valence-corrected chi connectivity index (χ2v) is 6.38. The van der Waals surface area contributed by atoms with E-state index in [9.17, 15) is 9.59 Å². The van der Waals surface area contributed by atoms with E-state index in [2.05, 4.69) is 17.6 Å². The van der Waals surface area contributed by atoms with Gasteiger partial charge < -0.3 is 20.3 Å². The lowest BCUT2D eigenvalue weighted by Gasteiger charge is -2.30. The minimum absolute atomic E-state index is 0.0705. The van der Waals surface area contributed by atoms with Crippen LogP contribution in [-0.4, -0.2) is 50.2 Å². The van der Waals surface area contributed by atoms with Crippen molar-refractivity contribution in [1.29, 1.82) is 0 Å². The van der Waals surface area contributed by atoms with Crippen molar-refractivity contribution < 1.29 is 14.3 Å². The van der Waals surface area contributed by atoms with Gasteiger partial charge in [-0.3, -0.25) is 4.79 Å². The van der Waals surface area contributed by atoms with Crippen molar-refractivity contribution >= 4 is 17.6 Å². The molecule has 1 aromatic carbocycles. The molecular formula is C18H27N3O3. The van der Waals surface area contributed by atoms with Crippen LogP contribution in [0.15, 0.2) is 18.2 Å². The zero-order valence-electron chi connectivity index (χ0n) is 14.7. The Balaban J connectivity index is 1.96. The van der Waals surface area contributed by atoms with Crippen molar-refractivity contribution in [3.8, 4) is 0 Å². The molecule has 6 nitrogen and oxygen atoms in total. The summed E-state index contributed by atoms with van der Waals surface area (Å²) >= 11 is 0. The number of likely N-dealkylation sites (tertiary alicyclic amines) is 1. The lowest BCUT2D eigenvalue weighted by atomic mass is 9.98. The van der Waals surface area contributed by atoms with E-state index >= 15 is 0 Å². The molecule has 6 heteroatoms. The number of benzene rings is 1. The Morgan fingerprint density at radius 3 is 2.62 bits per heavy atom. The average Bonchev–Trinajstić information content (AvgIpc) is 2.57. The highest BCUT2D eigenvalue weighted by atomic mass is 16.5. The molecule has 0 aromatic heterocycles. The van der Waals surface area contributed by atoms with E-state index in [1.54, 1.807) is 19.2 Å². The monoisotopic (exact) mass is 333 g/mol. The Morgan fingerprint density at radius 2 is 2.00 bits per heavy atom. The lowest BCUT2D eigenvalue weighted by Crippen LogP contribution is -2.38. The molecule has 1 fully saturated rings. The number of ether oxygens (including phenoxy) is 1. The van der Waals surface area contributed by atoms with Crippen LogP contribution in [0.1, 0.15) is 35.7 Å². The highest BCUT2D eigenvalue weighted by Gasteiger charge is 2.21. The van der Waals surface area contributed by atoms with Gasteiger partial charge in [0.25, 0.3) is 5.91 Å². The zero-order chi connectivity index (χ0) is 17.5. The number of nitrogens with zero attached hydrogens (tertiary/aromatic N) is 1. The molecule has 132 valence electrons. The third-order valence-electron chi connectivity index (χ3n) is 4.38. The summed E-state index contributed by atoms with van der Waals surface area (Å²) in [6, 6.07) is 5.12. The molecular weight excluding hydrogens is 306 g/mol. The highest BCUT2D eigenvalue weighted by molar-refractivity contribution is 5.96. The molecule has 1 aliphatic rings. The highest BCUT2D eigenvalue weighted by Crippen LogP contribution is 2.21. The van der Waals surface area contributed by atoms with Gasteiger partial charge >= 0.3 is 6.03 Å². The van der Waals surface area contributed by atoms with Crippen LogP contribution in [-0.2, 0) is 4.74 Å². The summed E-state index contributed by atoms with van der Waals surface area (Å²) in [4.78, 5) is 26.3. The minimum Gasteiger partial charge on any atom is -0.383 e. The van der Waals surface area contributed by atoms with Crippen LogP contribution in [0, 0.1) is 12.8 Å². The third kappa shape index (κ3) is 4.96. The number of hydrogen-bond donors (Lipinski definition) is 2. The number of hydrogen-bond acceptors (Lipinski definition) is 3. The van der Waals surface area contributed by atoms with Crippen molar-refractivity contribution in [2.24, 2.45) is 5.92 Å². The number of rotatable bonds is 5. The van der Waals surface area contributed by atoms with E-state index in [-0.39, 0.29) is 11.9 Å². The molecule has 1 aromatic rings. The van der Waals surface area contributed by atoms with E-state index in [1.807, 2.05) is 17.9 Å². The van der Waals surface area contributed by atoms with E-state index in [4.69, 9.17) is 4.74 Å². The number of amides is 3. The molecule has 0 unspecified atom stereocenters. The summed E-state index contributed by atoms with van der Waals surface area (Å²) in [5, 5.41) is 5.49. The second kappa shape index (κ2) is 8.68. The fraction of sp³-hybridized carbons (Fsp3) is 0.556. The topological polar surface area (TPSA) is 70.7 Å². The smallest absolute Gasteiger partial charge is 0.319 e. The molecule has 1 saturated heterocycles. The van der Waals surface area contributed by atoms with Crippen molar-refractivity contribution in [1.82, 2.24) is 10.2 Å². The molecule has 24 heavy (non-hydrogen) atoms. The number of carbonyl (C=O) groups excluding carboxylic acids is 2. The maximum absolute atomic E-state index is 12.6. The Bertz CT molecular complexity index is 581. The van der Waals surface area contributed by atoms with Gasteiger partial charge in [-0.1, -0.05) is 6.92 Å². The number of piperidine rings is 1. The van der Waals surface area contributed by atoms with Crippen LogP contribution >= 0.6 is 0 Å². The van der Waals surface area contributed by atoms with Crippen LogP contribution < -0.4 is 10.6 Å². The van der Waals surface area contributed by atoms with E-state index in [1.165, 1.54) is 0 Å². The molecule has 3 amide bonds. The van der Waals surface area contributed by atoms with Gasteiger partial charge in [0.2, 0.25) is 0 Å². The molecule has 0 saturated carbocycles. The summed E-state index contributed by atoms with van der Waals surface area (Å²) in [7, 11) is 1.59. The van der Waals surface area contributed by atoms with Crippen LogP contribution in [0.3, 0.4) is 0 Å². The normalized spacial score (nSPS) is 15.2. The van der Waals surface area contributed by atoms with Crippen molar-refractivity contribution in [3.63, 3.8) is 0 Å². The Morgan fingerprint density at radius 1 is 1.29 bits per heavy atom. The summed E-state index contributed by atoms with van der Waals surface area (Å²) in [6.45, 7) is 6.67. The predicted octanol–water partition coefficient (Wildman–Crippen LogP) is 2.64. The quantitative estimate of drug-likeness (QED) is 0.814. The zero-order valence-corrected chi connectivity index (χ0v) is 14.7. The first-order valence-corrected chi connectivity index (χ1v) is 8.45. The molecule has 0 aliphatic carbocycles. The van der Waals surface area contributed by atoms with Crippen molar-refractivity contribution in [3.05, 3.63) is 29.3 Å². The third-order valence-corrected chi connectivity index (χ3v) is 4.38. The molecule has 0 spiro atoms. The number of carbonyl (C=O) groups is 2. The predicted molar refractivity (Wildman–Crippen MR) is 94.4 cm³/mol. The van der Waals surface area contributed by atoms with Gasteiger partial charge in [0, 0.05) is 38.0 Å². The Kier molecular flexibility index (Phi) is 6.61. The molecule has 0 radical (unpaired) electrons. The maximum Gasteiger partial charge on any atom is 0.319 e. The summed E-state index contributed by atoms with van der Waals surface area (Å²) in [5.41, 5.74) is 2.24. The molecule has 1 heterocycles. The fourth-order valence-electron chi connectivity index (χ4n) is 2.76. The first-order valence-electron chi connectivity index (χ1n) is 8.45. The van der Waals surface area contributed by atoms with E-state index in [0.29, 0.717) is 30.3 Å². The minimum atomic E-state index is -0.278. The summed E-state index contributed by atoms with van der Waals surface area (Å²) < 4.78 is 4.89. The van der Waals surface area contributed by atoms with Crippen LogP contribution in [0.5, 0.6) is 0 Å². The number of urea groups is 1. The Labute approximate surface area is 143 Å². The molecule has 0 bridgehead atoms. The van der Waals surface area contributed by atoms with Gasteiger partial charge in [-0.15, -0.1) is 0 Å². The van der Waals surface area contributed by atoms with Gasteiger partial charge in [-0.2, -0.15) is 0 Å². The van der Waals surface area contributed by atoms with Gasteiger partial charge in [0.1, 0.15) is 0 Å². The van der Waals surface area contributed by atoms with Gasteiger partial charge in [0.15, 0.2) is 0 Å². The lowest BCUT2D eigenvalue weighted by molar-refractivity contribution is 0.0697. The number of aryl methyl sites for hydroxylation is 1. The second-order valence-electron chi connectivity index (χ2n) is 6.38. The average molecular weight is 333 g/mol. The van der Waals surface area contributed by atoms with Gasteiger partial charge in [-0.05, 0) is 49.4 Å². The van der Waals surface area contributed by atoms with E-state index in [0.717, 1.165) is 31.5 Å². The SMILES string of the molecule is COCCNC(=O)Nc1ccc(C(=O)N2CCC(C)CC2)cc1C. The summed E-state index contributed by atoms with van der Waals surface area (Å²) in [6.07, 6.45) is 2.12. The van der Waals surface area contributed by atoms with Crippen molar-refractivity contribution in [2.75, 3.05) is 38.7 Å². The Hall–Kier alpha value is -2.08. The number of anilines is 1. The standard InChI is InChI=1S/C18H27N3O3/c1-13-6-9-21(10-7-13)17(22)15-4-5-16(14(2)12-15)20-18(23)19-8-11-24-3/h4-5,12-13H,6-11H2,1-3H3,(H2,19,20,23). The fourth-order valence-corrected chi connectivity index (χ4v) is 2.76. The van der Waals surface area contributed by atoms with Gasteiger partial charge in [0.05, 0.1) is 6.61 Å². The summed E-state index contributed by atoms with van der Waals surface area (Å²) in [5.74, 6) is 0.764. The first-order chi connectivity index (χ1) is 11.5. The van der Waals surface area contributed by atoms with E-state index < -0.39 is 0 Å². The molecule has 2 rings (SSSR count).